The van der Waals surface area contributed by atoms with Crippen LogP contribution in [0.25, 0.3) is 0 Å². The first-order chi connectivity index (χ1) is 6.41. The number of nitrogens with one attached hydrogen (secondary N) is 1. The fourth-order valence-corrected chi connectivity index (χ4v) is 4.34. The van der Waals surface area contributed by atoms with Gasteiger partial charge in [0.2, 0.25) is 0 Å². The van der Waals surface area contributed by atoms with Gasteiger partial charge in [0.25, 0.3) is 0 Å². The van der Waals surface area contributed by atoms with Crippen LogP contribution in [0.3, 0.4) is 0 Å². The highest BCUT2D eigenvalue weighted by molar-refractivity contribution is 8.01. The normalized spacial score (nSPS) is 47.1. The Morgan fingerprint density at radius 3 is 2.36 bits per heavy atom. The minimum atomic E-state index is 0.109. The van der Waals surface area contributed by atoms with Gasteiger partial charge < -0.3 is 5.73 Å². The highest BCUT2D eigenvalue weighted by Gasteiger charge is 2.42. The van der Waals surface area contributed by atoms with Crippen molar-refractivity contribution in [2.45, 2.75) is 62.2 Å². The van der Waals surface area contributed by atoms with Gasteiger partial charge in [0, 0.05) is 10.3 Å². The second-order valence-corrected chi connectivity index (χ2v) is 7.36. The van der Waals surface area contributed by atoms with Gasteiger partial charge in [-0.3, -0.25) is 5.32 Å². The second-order valence-electron chi connectivity index (χ2n) is 5.63. The van der Waals surface area contributed by atoms with Crippen LogP contribution in [0, 0.1) is 5.92 Å². The van der Waals surface area contributed by atoms with Gasteiger partial charge in [-0.05, 0) is 45.4 Å². The lowest BCUT2D eigenvalue weighted by Gasteiger charge is -2.49. The zero-order valence-corrected chi connectivity index (χ0v) is 10.3. The molecule has 0 aromatic carbocycles. The molecule has 2 saturated heterocycles. The maximum Gasteiger partial charge on any atom is 0.104 e. The van der Waals surface area contributed by atoms with Crippen molar-refractivity contribution in [3.8, 4) is 0 Å². The molecule has 3 aliphatic rings. The summed E-state index contributed by atoms with van der Waals surface area (Å²) < 4.78 is 0.430. The maximum absolute atomic E-state index is 6.10. The zero-order valence-electron chi connectivity index (χ0n) is 9.47. The van der Waals surface area contributed by atoms with E-state index in [1.54, 1.807) is 0 Å². The molecule has 3 rings (SSSR count). The summed E-state index contributed by atoms with van der Waals surface area (Å²) in [5.41, 5.74) is 6.43. The lowest BCUT2D eigenvalue weighted by molar-refractivity contribution is 0.168. The molecule has 0 aromatic heterocycles. The van der Waals surface area contributed by atoms with E-state index in [2.05, 4.69) is 26.1 Å². The van der Waals surface area contributed by atoms with Crippen LogP contribution in [0.5, 0.6) is 0 Å². The molecular formula is C11H22N2S. The van der Waals surface area contributed by atoms with E-state index in [-0.39, 0.29) is 11.0 Å². The monoisotopic (exact) mass is 214 g/mol. The molecule has 0 aromatic rings. The van der Waals surface area contributed by atoms with Crippen LogP contribution in [0.1, 0.15) is 46.5 Å². The Morgan fingerprint density at radius 1 is 1.21 bits per heavy atom. The summed E-state index contributed by atoms with van der Waals surface area (Å²) in [6.07, 6.45) is 5.38. The molecule has 0 spiro atoms. The summed E-state index contributed by atoms with van der Waals surface area (Å²) >= 11 is 1.93. The molecule has 1 atom stereocenters. The molecule has 2 bridgehead atoms. The molecule has 0 amide bonds. The summed E-state index contributed by atoms with van der Waals surface area (Å²) in [6.45, 7) is 6.96. The molecule has 2 aliphatic heterocycles. The van der Waals surface area contributed by atoms with Crippen LogP contribution in [0.2, 0.25) is 0 Å². The molecule has 82 valence electrons. The number of hydrogen-bond donors (Lipinski definition) is 2. The molecule has 1 unspecified atom stereocenters. The predicted molar refractivity (Wildman–Crippen MR) is 63.1 cm³/mol. The average molecular weight is 214 g/mol. The lowest BCUT2D eigenvalue weighted by Crippen LogP contribution is -2.58. The Kier molecular flexibility index (Phi) is 2.61. The minimum Gasteiger partial charge on any atom is -0.307 e. The molecule has 3 N–H and O–H groups in total. The maximum atomic E-state index is 6.10. The Bertz CT molecular complexity index is 217. The standard InChI is InChI=1S/C11H22N2S/c1-10(2)8-4-6-11(3,7-5-8)14-9(12)13-10/h8-9,13H,4-7,12H2,1-3H3. The van der Waals surface area contributed by atoms with Gasteiger partial charge in [-0.15, -0.1) is 11.8 Å². The Morgan fingerprint density at radius 2 is 1.79 bits per heavy atom. The number of hydrogen-bond acceptors (Lipinski definition) is 3. The third-order valence-electron chi connectivity index (χ3n) is 3.99. The summed E-state index contributed by atoms with van der Waals surface area (Å²) in [5.74, 6) is 0.808. The van der Waals surface area contributed by atoms with Gasteiger partial charge in [-0.2, -0.15) is 0 Å². The van der Waals surface area contributed by atoms with Crippen molar-refractivity contribution in [3.05, 3.63) is 0 Å². The van der Waals surface area contributed by atoms with Crippen LogP contribution in [-0.4, -0.2) is 15.8 Å². The quantitative estimate of drug-likeness (QED) is 0.650. The molecule has 1 saturated carbocycles. The van der Waals surface area contributed by atoms with E-state index in [9.17, 15) is 0 Å². The Hall–Kier alpha value is 0.270. The summed E-state index contributed by atoms with van der Waals surface area (Å²) in [6, 6.07) is 0. The highest BCUT2D eigenvalue weighted by atomic mass is 32.2. The average Bonchev–Trinajstić information content (AvgIpc) is 2.00. The van der Waals surface area contributed by atoms with Crippen LogP contribution in [0.15, 0.2) is 0 Å². The SMILES string of the molecule is CC12CCC(CC1)C(C)(C)NC(N)S2. The van der Waals surface area contributed by atoms with Crippen LogP contribution in [-0.2, 0) is 0 Å². The smallest absolute Gasteiger partial charge is 0.104 e. The first-order valence-corrected chi connectivity index (χ1v) is 6.50. The minimum absolute atomic E-state index is 0.109. The predicted octanol–water partition coefficient (Wildman–Crippen LogP) is 2.29. The van der Waals surface area contributed by atoms with Crippen LogP contribution < -0.4 is 11.1 Å². The van der Waals surface area contributed by atoms with Gasteiger partial charge in [-0.25, -0.2) is 0 Å². The van der Waals surface area contributed by atoms with Crippen molar-refractivity contribution in [2.75, 3.05) is 0 Å². The molecule has 3 heteroatoms. The topological polar surface area (TPSA) is 38.0 Å². The molecule has 1 aliphatic carbocycles. The summed E-state index contributed by atoms with van der Waals surface area (Å²) in [4.78, 5) is 0. The number of fused-ring (bicyclic) bond motifs is 5. The van der Waals surface area contributed by atoms with E-state index in [0.717, 1.165) is 5.92 Å². The number of thioether (sulfide) groups is 1. The van der Waals surface area contributed by atoms with Crippen molar-refractivity contribution in [2.24, 2.45) is 11.7 Å². The van der Waals surface area contributed by atoms with Gasteiger partial charge >= 0.3 is 0 Å². The number of nitrogens with two attached hydrogens (primary N) is 1. The largest absolute Gasteiger partial charge is 0.307 e. The van der Waals surface area contributed by atoms with Crippen molar-refractivity contribution in [1.82, 2.24) is 5.32 Å². The zero-order chi connectivity index (χ0) is 10.4. The van der Waals surface area contributed by atoms with Crippen molar-refractivity contribution < 1.29 is 0 Å². The fraction of sp³-hybridized carbons (Fsp3) is 1.00. The van der Waals surface area contributed by atoms with Crippen molar-refractivity contribution in [1.29, 1.82) is 0 Å². The van der Waals surface area contributed by atoms with Crippen LogP contribution in [0.4, 0.5) is 0 Å². The van der Waals surface area contributed by atoms with Gasteiger partial charge in [0.15, 0.2) is 0 Å². The molecule has 3 fully saturated rings. The third kappa shape index (κ3) is 1.95. The molecule has 2 nitrogen and oxygen atoms in total. The van der Waals surface area contributed by atoms with Gasteiger partial charge in [0.05, 0.1) is 0 Å². The van der Waals surface area contributed by atoms with E-state index < -0.39 is 0 Å². The van der Waals surface area contributed by atoms with Crippen LogP contribution >= 0.6 is 11.8 Å². The molecule has 14 heavy (non-hydrogen) atoms. The number of rotatable bonds is 0. The third-order valence-corrected chi connectivity index (χ3v) is 5.34. The Balaban J connectivity index is 2.19. The lowest BCUT2D eigenvalue weighted by atomic mass is 9.73. The van der Waals surface area contributed by atoms with E-state index >= 15 is 0 Å². The Labute approximate surface area is 91.4 Å². The van der Waals surface area contributed by atoms with E-state index in [0.29, 0.717) is 4.75 Å². The summed E-state index contributed by atoms with van der Waals surface area (Å²) in [5, 5.41) is 3.56. The molecular weight excluding hydrogens is 192 g/mol. The molecule has 2 heterocycles. The first kappa shape index (κ1) is 10.8. The van der Waals surface area contributed by atoms with E-state index in [1.807, 2.05) is 11.8 Å². The van der Waals surface area contributed by atoms with Crippen molar-refractivity contribution in [3.63, 3.8) is 0 Å². The first-order valence-electron chi connectivity index (χ1n) is 5.62. The second kappa shape index (κ2) is 3.39. The van der Waals surface area contributed by atoms with Crippen molar-refractivity contribution >= 4 is 11.8 Å². The molecule has 0 radical (unpaired) electrons. The fourth-order valence-electron chi connectivity index (χ4n) is 2.89. The van der Waals surface area contributed by atoms with Gasteiger partial charge in [0.1, 0.15) is 5.50 Å². The van der Waals surface area contributed by atoms with E-state index in [4.69, 9.17) is 5.73 Å². The van der Waals surface area contributed by atoms with Gasteiger partial charge in [-0.1, -0.05) is 6.92 Å². The van der Waals surface area contributed by atoms with E-state index in [1.165, 1.54) is 25.7 Å². The highest BCUT2D eigenvalue weighted by Crippen LogP contribution is 2.47. The summed E-state index contributed by atoms with van der Waals surface area (Å²) in [7, 11) is 0.